The van der Waals surface area contributed by atoms with E-state index in [4.69, 9.17) is 0 Å². The number of hydrogen-bond donors (Lipinski definition) is 0. The summed E-state index contributed by atoms with van der Waals surface area (Å²) in [4.78, 5) is 0. The van der Waals surface area contributed by atoms with Crippen molar-refractivity contribution in [1.29, 1.82) is 0 Å². The molecule has 2 aliphatic rings. The molecule has 0 saturated heterocycles. The first-order valence-electron chi connectivity index (χ1n) is 8.75. The summed E-state index contributed by atoms with van der Waals surface area (Å²) in [5.41, 5.74) is 6.01. The molecule has 3 rings (SSSR count). The van der Waals surface area contributed by atoms with Crippen LogP contribution in [0.3, 0.4) is 0 Å². The molecule has 112 valence electrons. The van der Waals surface area contributed by atoms with Gasteiger partial charge in [0.25, 0.3) is 0 Å². The average molecular weight is 280 g/mol. The molecular weight excluding hydrogens is 252 g/mol. The maximum absolute atomic E-state index is 2.48. The average Bonchev–Trinajstić information content (AvgIpc) is 2.56. The zero-order valence-electron chi connectivity index (χ0n) is 13.6. The Labute approximate surface area is 130 Å². The van der Waals surface area contributed by atoms with Crippen LogP contribution in [0.5, 0.6) is 0 Å². The standard InChI is InChI=1S/C21H28/c1-3-17-6-10-19(11-7-17)21-14-12-20(13-15-21)18-8-4-16(2)5-9-18/h8,10,12-17H,3-7,9,11H2,1-2H3. The molecule has 0 heteroatoms. The van der Waals surface area contributed by atoms with Gasteiger partial charge < -0.3 is 0 Å². The van der Waals surface area contributed by atoms with Crippen molar-refractivity contribution in [3.05, 3.63) is 47.5 Å². The first-order valence-corrected chi connectivity index (χ1v) is 8.75. The third-order valence-electron chi connectivity index (χ3n) is 5.40. The molecule has 1 aromatic carbocycles. The number of rotatable bonds is 3. The first kappa shape index (κ1) is 14.6. The van der Waals surface area contributed by atoms with Crippen LogP contribution in [-0.2, 0) is 0 Å². The molecule has 0 aromatic heterocycles. The smallest absolute Gasteiger partial charge is 0.0227 e. The molecule has 21 heavy (non-hydrogen) atoms. The van der Waals surface area contributed by atoms with Crippen molar-refractivity contribution >= 4 is 11.1 Å². The molecule has 0 fully saturated rings. The Bertz CT molecular complexity index is 530. The van der Waals surface area contributed by atoms with Gasteiger partial charge in [-0.2, -0.15) is 0 Å². The Kier molecular flexibility index (Phi) is 4.63. The zero-order chi connectivity index (χ0) is 14.7. The minimum Gasteiger partial charge on any atom is -0.0805 e. The highest BCUT2D eigenvalue weighted by Gasteiger charge is 2.15. The fraction of sp³-hybridized carbons (Fsp3) is 0.524. The summed E-state index contributed by atoms with van der Waals surface area (Å²) in [5, 5.41) is 0. The molecule has 0 radical (unpaired) electrons. The molecule has 2 aliphatic carbocycles. The van der Waals surface area contributed by atoms with Crippen molar-refractivity contribution in [2.75, 3.05) is 0 Å². The van der Waals surface area contributed by atoms with Crippen molar-refractivity contribution in [2.24, 2.45) is 11.8 Å². The van der Waals surface area contributed by atoms with E-state index in [1.165, 1.54) is 56.1 Å². The Morgan fingerprint density at radius 2 is 1.43 bits per heavy atom. The van der Waals surface area contributed by atoms with E-state index in [0.717, 1.165) is 11.8 Å². The molecule has 0 N–H and O–H groups in total. The molecule has 0 spiro atoms. The van der Waals surface area contributed by atoms with Crippen LogP contribution in [0.25, 0.3) is 11.1 Å². The number of hydrogen-bond acceptors (Lipinski definition) is 0. The molecule has 0 amide bonds. The Morgan fingerprint density at radius 1 is 0.857 bits per heavy atom. The molecule has 0 saturated carbocycles. The lowest BCUT2D eigenvalue weighted by Crippen LogP contribution is -2.04. The van der Waals surface area contributed by atoms with Crippen LogP contribution in [0.2, 0.25) is 0 Å². The fourth-order valence-corrected chi connectivity index (χ4v) is 3.65. The highest BCUT2D eigenvalue weighted by atomic mass is 14.2. The van der Waals surface area contributed by atoms with Gasteiger partial charge in [0, 0.05) is 0 Å². The minimum absolute atomic E-state index is 0.868. The summed E-state index contributed by atoms with van der Waals surface area (Å²) in [5.74, 6) is 1.79. The van der Waals surface area contributed by atoms with Gasteiger partial charge in [0.05, 0.1) is 0 Å². The fourth-order valence-electron chi connectivity index (χ4n) is 3.65. The van der Waals surface area contributed by atoms with Crippen molar-refractivity contribution < 1.29 is 0 Å². The van der Waals surface area contributed by atoms with Crippen LogP contribution in [-0.4, -0.2) is 0 Å². The molecule has 0 aliphatic heterocycles. The number of allylic oxidation sites excluding steroid dienone is 4. The van der Waals surface area contributed by atoms with E-state index in [1.807, 2.05) is 0 Å². The van der Waals surface area contributed by atoms with Crippen LogP contribution in [0, 0.1) is 11.8 Å². The lowest BCUT2D eigenvalue weighted by Gasteiger charge is -2.21. The zero-order valence-corrected chi connectivity index (χ0v) is 13.6. The lowest BCUT2D eigenvalue weighted by atomic mass is 9.84. The van der Waals surface area contributed by atoms with Crippen LogP contribution in [0.1, 0.15) is 69.9 Å². The summed E-state index contributed by atoms with van der Waals surface area (Å²) in [6, 6.07) is 9.35. The van der Waals surface area contributed by atoms with Gasteiger partial charge in [0.15, 0.2) is 0 Å². The van der Waals surface area contributed by atoms with Gasteiger partial charge in [-0.15, -0.1) is 0 Å². The second-order valence-corrected chi connectivity index (χ2v) is 6.96. The third kappa shape index (κ3) is 3.48. The van der Waals surface area contributed by atoms with E-state index in [1.54, 1.807) is 11.1 Å². The van der Waals surface area contributed by atoms with Gasteiger partial charge in [-0.25, -0.2) is 0 Å². The predicted octanol–water partition coefficient (Wildman–Crippen LogP) is 6.48. The molecule has 2 unspecified atom stereocenters. The van der Waals surface area contributed by atoms with Crippen molar-refractivity contribution in [1.82, 2.24) is 0 Å². The predicted molar refractivity (Wildman–Crippen MR) is 93.0 cm³/mol. The van der Waals surface area contributed by atoms with Gasteiger partial charge in [0.1, 0.15) is 0 Å². The van der Waals surface area contributed by atoms with Crippen LogP contribution in [0.15, 0.2) is 36.4 Å². The maximum Gasteiger partial charge on any atom is -0.0227 e. The summed E-state index contributed by atoms with van der Waals surface area (Å²) in [6.45, 7) is 4.67. The Balaban J connectivity index is 1.71. The molecule has 0 heterocycles. The van der Waals surface area contributed by atoms with Crippen molar-refractivity contribution in [3.63, 3.8) is 0 Å². The van der Waals surface area contributed by atoms with Crippen molar-refractivity contribution in [2.45, 2.75) is 58.8 Å². The van der Waals surface area contributed by atoms with Gasteiger partial charge in [-0.05, 0) is 72.6 Å². The molecule has 1 aromatic rings. The monoisotopic (exact) mass is 280 g/mol. The largest absolute Gasteiger partial charge is 0.0805 e. The van der Waals surface area contributed by atoms with Crippen LogP contribution in [0.4, 0.5) is 0 Å². The van der Waals surface area contributed by atoms with Gasteiger partial charge >= 0.3 is 0 Å². The second-order valence-electron chi connectivity index (χ2n) is 6.96. The van der Waals surface area contributed by atoms with Crippen LogP contribution >= 0.6 is 0 Å². The third-order valence-corrected chi connectivity index (χ3v) is 5.40. The van der Waals surface area contributed by atoms with E-state index in [-0.39, 0.29) is 0 Å². The topological polar surface area (TPSA) is 0 Å². The lowest BCUT2D eigenvalue weighted by molar-refractivity contribution is 0.471. The van der Waals surface area contributed by atoms with E-state index in [2.05, 4.69) is 50.3 Å². The maximum atomic E-state index is 2.48. The van der Waals surface area contributed by atoms with Crippen LogP contribution < -0.4 is 0 Å². The normalized spacial score (nSPS) is 26.2. The first-order chi connectivity index (χ1) is 10.3. The van der Waals surface area contributed by atoms with Gasteiger partial charge in [-0.3, -0.25) is 0 Å². The summed E-state index contributed by atoms with van der Waals surface area (Å²) in [6.07, 6.45) is 14.0. The minimum atomic E-state index is 0.868. The quantitative estimate of drug-likeness (QED) is 0.594. The Hall–Kier alpha value is -1.30. The summed E-state index contributed by atoms with van der Waals surface area (Å²) >= 11 is 0. The highest BCUT2D eigenvalue weighted by Crippen LogP contribution is 2.34. The highest BCUT2D eigenvalue weighted by molar-refractivity contribution is 5.71. The van der Waals surface area contributed by atoms with E-state index in [9.17, 15) is 0 Å². The molecule has 2 atom stereocenters. The number of benzene rings is 1. The SMILES string of the molecule is CCC1CC=C(c2ccc(C3=CCC(C)CC3)cc2)CC1. The second kappa shape index (κ2) is 6.64. The van der Waals surface area contributed by atoms with E-state index < -0.39 is 0 Å². The molecular formula is C21H28. The van der Waals surface area contributed by atoms with E-state index in [0.29, 0.717) is 0 Å². The molecule has 0 nitrogen and oxygen atoms in total. The Morgan fingerprint density at radius 3 is 1.86 bits per heavy atom. The van der Waals surface area contributed by atoms with E-state index >= 15 is 0 Å². The molecule has 0 bridgehead atoms. The summed E-state index contributed by atoms with van der Waals surface area (Å²) in [7, 11) is 0. The van der Waals surface area contributed by atoms with Gasteiger partial charge in [-0.1, -0.05) is 56.7 Å². The van der Waals surface area contributed by atoms with Crippen molar-refractivity contribution in [3.8, 4) is 0 Å². The van der Waals surface area contributed by atoms with Gasteiger partial charge in [0.2, 0.25) is 0 Å². The summed E-state index contributed by atoms with van der Waals surface area (Å²) < 4.78 is 0.